The lowest BCUT2D eigenvalue weighted by Gasteiger charge is -2.08. The molecule has 7 heteroatoms. The number of benzene rings is 3. The minimum absolute atomic E-state index is 0.158. The van der Waals surface area contributed by atoms with Crippen molar-refractivity contribution in [2.45, 2.75) is 6.54 Å². The molecule has 0 aliphatic carbocycles. The minimum Gasteiger partial charge on any atom is -0.497 e. The SMILES string of the molecule is COc1ccc(CNC(=O)c2ccc(-c3nccc(Oc4ccc(OC)cc4)n3)cc2)cc1. The van der Waals surface area contributed by atoms with Gasteiger partial charge in [0.25, 0.3) is 5.91 Å². The molecular weight excluding hydrogens is 418 g/mol. The lowest BCUT2D eigenvalue weighted by atomic mass is 10.1. The maximum Gasteiger partial charge on any atom is 0.251 e. The van der Waals surface area contributed by atoms with E-state index < -0.39 is 0 Å². The zero-order valence-corrected chi connectivity index (χ0v) is 18.3. The van der Waals surface area contributed by atoms with E-state index in [0.717, 1.165) is 22.6 Å². The van der Waals surface area contributed by atoms with Crippen LogP contribution in [0.4, 0.5) is 0 Å². The first-order valence-corrected chi connectivity index (χ1v) is 10.3. The van der Waals surface area contributed by atoms with Gasteiger partial charge in [-0.25, -0.2) is 4.98 Å². The van der Waals surface area contributed by atoms with Crippen molar-refractivity contribution in [2.24, 2.45) is 0 Å². The Morgan fingerprint density at radius 1 is 0.788 bits per heavy atom. The lowest BCUT2D eigenvalue weighted by Crippen LogP contribution is -2.22. The fourth-order valence-corrected chi connectivity index (χ4v) is 3.10. The van der Waals surface area contributed by atoms with Crippen molar-refractivity contribution in [2.75, 3.05) is 14.2 Å². The van der Waals surface area contributed by atoms with Crippen molar-refractivity contribution in [3.8, 4) is 34.5 Å². The molecule has 0 aliphatic rings. The summed E-state index contributed by atoms with van der Waals surface area (Å²) >= 11 is 0. The number of aromatic nitrogens is 2. The molecule has 33 heavy (non-hydrogen) atoms. The Bertz CT molecular complexity index is 1210. The second-order valence-electron chi connectivity index (χ2n) is 7.10. The van der Waals surface area contributed by atoms with Crippen LogP contribution in [0.1, 0.15) is 15.9 Å². The molecule has 7 nitrogen and oxygen atoms in total. The smallest absolute Gasteiger partial charge is 0.251 e. The summed E-state index contributed by atoms with van der Waals surface area (Å²) in [5, 5.41) is 2.92. The molecule has 0 saturated carbocycles. The highest BCUT2D eigenvalue weighted by atomic mass is 16.5. The molecule has 166 valence electrons. The molecule has 0 aliphatic heterocycles. The number of amides is 1. The number of hydrogen-bond donors (Lipinski definition) is 1. The first kappa shape index (κ1) is 21.8. The summed E-state index contributed by atoms with van der Waals surface area (Å²) in [6.07, 6.45) is 1.64. The van der Waals surface area contributed by atoms with Crippen LogP contribution < -0.4 is 19.5 Å². The van der Waals surface area contributed by atoms with E-state index in [1.54, 1.807) is 50.7 Å². The molecule has 0 spiro atoms. The first-order chi connectivity index (χ1) is 16.1. The van der Waals surface area contributed by atoms with Gasteiger partial charge >= 0.3 is 0 Å². The lowest BCUT2D eigenvalue weighted by molar-refractivity contribution is 0.0951. The number of hydrogen-bond acceptors (Lipinski definition) is 6. The van der Waals surface area contributed by atoms with Gasteiger partial charge < -0.3 is 19.5 Å². The molecule has 0 bridgehead atoms. The molecule has 3 aromatic carbocycles. The van der Waals surface area contributed by atoms with Crippen LogP contribution >= 0.6 is 0 Å². The topological polar surface area (TPSA) is 82.6 Å². The summed E-state index contributed by atoms with van der Waals surface area (Å²) in [5.74, 6) is 2.94. The van der Waals surface area contributed by atoms with Gasteiger partial charge in [0, 0.05) is 29.9 Å². The van der Waals surface area contributed by atoms with Gasteiger partial charge in [0.2, 0.25) is 5.88 Å². The summed E-state index contributed by atoms with van der Waals surface area (Å²) in [6, 6.07) is 23.6. The van der Waals surface area contributed by atoms with E-state index in [2.05, 4.69) is 15.3 Å². The van der Waals surface area contributed by atoms with E-state index >= 15 is 0 Å². The van der Waals surface area contributed by atoms with Crippen molar-refractivity contribution < 1.29 is 19.0 Å². The van der Waals surface area contributed by atoms with Crippen LogP contribution in [0.25, 0.3) is 11.4 Å². The molecule has 0 atom stereocenters. The standard InChI is InChI=1S/C26H23N3O4/c1-31-21-9-3-18(4-10-21)17-28-26(30)20-7-5-19(6-8-20)25-27-16-15-24(29-25)33-23-13-11-22(32-2)12-14-23/h3-16H,17H2,1-2H3,(H,28,30). The summed E-state index contributed by atoms with van der Waals surface area (Å²) in [6.45, 7) is 0.429. The Hall–Kier alpha value is -4.39. The number of ether oxygens (including phenoxy) is 3. The summed E-state index contributed by atoms with van der Waals surface area (Å²) < 4.78 is 16.1. The molecule has 4 rings (SSSR count). The predicted octanol–water partition coefficient (Wildman–Crippen LogP) is 4.88. The van der Waals surface area contributed by atoms with E-state index in [9.17, 15) is 4.79 Å². The number of rotatable bonds is 8. The zero-order valence-electron chi connectivity index (χ0n) is 18.3. The highest BCUT2D eigenvalue weighted by molar-refractivity contribution is 5.94. The fourth-order valence-electron chi connectivity index (χ4n) is 3.10. The normalized spacial score (nSPS) is 10.4. The van der Waals surface area contributed by atoms with Crippen molar-refractivity contribution >= 4 is 5.91 Å². The summed E-state index contributed by atoms with van der Waals surface area (Å²) in [5.41, 5.74) is 2.32. The Morgan fingerprint density at radius 3 is 2.03 bits per heavy atom. The van der Waals surface area contributed by atoms with Crippen molar-refractivity contribution in [1.82, 2.24) is 15.3 Å². The number of carbonyl (C=O) groups excluding carboxylic acids is 1. The first-order valence-electron chi connectivity index (χ1n) is 10.3. The van der Waals surface area contributed by atoms with Crippen LogP contribution in [0.3, 0.4) is 0 Å². The molecule has 0 radical (unpaired) electrons. The number of methoxy groups -OCH3 is 2. The van der Waals surface area contributed by atoms with E-state index in [-0.39, 0.29) is 5.91 Å². The third kappa shape index (κ3) is 5.65. The number of carbonyl (C=O) groups is 1. The fraction of sp³-hybridized carbons (Fsp3) is 0.115. The van der Waals surface area contributed by atoms with Crippen molar-refractivity contribution in [1.29, 1.82) is 0 Å². The largest absolute Gasteiger partial charge is 0.497 e. The van der Waals surface area contributed by atoms with Crippen LogP contribution in [0.2, 0.25) is 0 Å². The third-order valence-electron chi connectivity index (χ3n) is 4.93. The van der Waals surface area contributed by atoms with Gasteiger partial charge in [-0.1, -0.05) is 24.3 Å². The molecule has 0 saturated heterocycles. The van der Waals surface area contributed by atoms with Gasteiger partial charge in [-0.2, -0.15) is 4.98 Å². The Balaban J connectivity index is 1.39. The molecule has 0 unspecified atom stereocenters. The van der Waals surface area contributed by atoms with E-state index in [1.807, 2.05) is 48.5 Å². The van der Waals surface area contributed by atoms with Crippen LogP contribution in [0.5, 0.6) is 23.1 Å². The van der Waals surface area contributed by atoms with Gasteiger partial charge in [-0.15, -0.1) is 0 Å². The quantitative estimate of drug-likeness (QED) is 0.420. The highest BCUT2D eigenvalue weighted by Crippen LogP contribution is 2.24. The Labute approximate surface area is 192 Å². The third-order valence-corrected chi connectivity index (χ3v) is 4.93. The highest BCUT2D eigenvalue weighted by Gasteiger charge is 2.09. The average molecular weight is 441 g/mol. The van der Waals surface area contributed by atoms with Gasteiger partial charge in [-0.3, -0.25) is 4.79 Å². The molecule has 1 aromatic heterocycles. The summed E-state index contributed by atoms with van der Waals surface area (Å²) in [7, 11) is 3.23. The van der Waals surface area contributed by atoms with Crippen LogP contribution in [0.15, 0.2) is 85.1 Å². The minimum atomic E-state index is -0.158. The van der Waals surface area contributed by atoms with E-state index in [4.69, 9.17) is 14.2 Å². The van der Waals surface area contributed by atoms with E-state index in [0.29, 0.717) is 29.6 Å². The molecular formula is C26H23N3O4. The number of nitrogens with one attached hydrogen (secondary N) is 1. The molecule has 1 amide bonds. The zero-order chi connectivity index (χ0) is 23.0. The maximum atomic E-state index is 12.5. The monoisotopic (exact) mass is 441 g/mol. The van der Waals surface area contributed by atoms with Crippen molar-refractivity contribution in [3.05, 3.63) is 96.2 Å². The van der Waals surface area contributed by atoms with Crippen LogP contribution in [-0.4, -0.2) is 30.1 Å². The summed E-state index contributed by atoms with van der Waals surface area (Å²) in [4.78, 5) is 21.3. The maximum absolute atomic E-state index is 12.5. The van der Waals surface area contributed by atoms with Crippen LogP contribution in [0, 0.1) is 0 Å². The second-order valence-corrected chi connectivity index (χ2v) is 7.10. The van der Waals surface area contributed by atoms with Gasteiger partial charge in [0.05, 0.1) is 14.2 Å². The average Bonchev–Trinajstić information content (AvgIpc) is 2.88. The Kier molecular flexibility index (Phi) is 6.80. The van der Waals surface area contributed by atoms with Crippen LogP contribution in [-0.2, 0) is 6.54 Å². The molecule has 1 N–H and O–H groups in total. The van der Waals surface area contributed by atoms with Gasteiger partial charge in [0.1, 0.15) is 17.2 Å². The molecule has 4 aromatic rings. The van der Waals surface area contributed by atoms with Gasteiger partial charge in [-0.05, 0) is 54.1 Å². The number of nitrogens with zero attached hydrogens (tertiary/aromatic N) is 2. The Morgan fingerprint density at radius 2 is 1.39 bits per heavy atom. The molecule has 1 heterocycles. The molecule has 0 fully saturated rings. The van der Waals surface area contributed by atoms with Crippen molar-refractivity contribution in [3.63, 3.8) is 0 Å². The van der Waals surface area contributed by atoms with Gasteiger partial charge in [0.15, 0.2) is 5.82 Å². The predicted molar refractivity (Wildman–Crippen MR) is 125 cm³/mol. The van der Waals surface area contributed by atoms with E-state index in [1.165, 1.54) is 0 Å². The second kappa shape index (κ2) is 10.3.